The van der Waals surface area contributed by atoms with Crippen LogP contribution < -0.4 is 16.1 Å². The van der Waals surface area contributed by atoms with Gasteiger partial charge in [-0.2, -0.15) is 0 Å². The van der Waals surface area contributed by atoms with Crippen LogP contribution in [0.15, 0.2) is 72.9 Å². The maximum absolute atomic E-state index is 12.3. The largest absolute Gasteiger partial charge is 0.504 e. The van der Waals surface area contributed by atoms with Crippen molar-refractivity contribution < 1.29 is 9.90 Å². The molecule has 164 valence electrons. The van der Waals surface area contributed by atoms with E-state index in [2.05, 4.69) is 18.8 Å². The Balaban J connectivity index is 1.86. The van der Waals surface area contributed by atoms with Gasteiger partial charge in [0, 0.05) is 17.3 Å². The highest BCUT2D eigenvalue weighted by atomic mass is 35.5. The summed E-state index contributed by atoms with van der Waals surface area (Å²) in [7, 11) is -3.05. The highest BCUT2D eigenvalue weighted by Gasteiger charge is 2.49. The summed E-state index contributed by atoms with van der Waals surface area (Å²) in [5.74, 6) is -0.0622. The number of nitrogens with zero attached hydrogens (tertiary/aromatic N) is 1. The van der Waals surface area contributed by atoms with Gasteiger partial charge in [-0.15, -0.1) is 0 Å². The van der Waals surface area contributed by atoms with Gasteiger partial charge in [0.2, 0.25) is 0 Å². The Morgan fingerprint density at radius 3 is 1.94 bits per heavy atom. The molecule has 2 aromatic carbocycles. The molecule has 4 nitrogen and oxygen atoms in total. The molecule has 0 saturated carbocycles. The second-order valence-corrected chi connectivity index (χ2v) is 13.4. The summed E-state index contributed by atoms with van der Waals surface area (Å²) in [5, 5.41) is 12.0. The highest BCUT2D eigenvalue weighted by molar-refractivity contribution is 6.98. The molecule has 6 heteroatoms. The first-order chi connectivity index (χ1) is 14.6. The first-order valence-electron chi connectivity index (χ1n) is 10.6. The molecule has 0 radical (unpaired) electrons. The Hall–Kier alpha value is -2.18. The van der Waals surface area contributed by atoms with Crippen molar-refractivity contribution in [1.82, 2.24) is 4.98 Å². The van der Waals surface area contributed by atoms with E-state index in [1.54, 1.807) is 12.3 Å². The van der Waals surface area contributed by atoms with E-state index < -0.39 is 13.9 Å². The Morgan fingerprint density at radius 1 is 0.903 bits per heavy atom. The number of rotatable bonds is 8. The summed E-state index contributed by atoms with van der Waals surface area (Å²) in [6, 6.07) is 21.7. The van der Waals surface area contributed by atoms with Crippen LogP contribution in [0.4, 0.5) is 0 Å². The van der Waals surface area contributed by atoms with Crippen LogP contribution in [-0.4, -0.2) is 23.2 Å². The SMILES string of the molecule is CC(C)(CCC[C@](C)(N)c1ccnc(Cl)c1O)[Si](O)(c1ccccc1)c1ccccc1. The Kier molecular flexibility index (Phi) is 6.91. The van der Waals surface area contributed by atoms with Gasteiger partial charge < -0.3 is 15.6 Å². The minimum Gasteiger partial charge on any atom is -0.504 e. The number of benzene rings is 2. The van der Waals surface area contributed by atoms with Gasteiger partial charge in [0.25, 0.3) is 8.32 Å². The number of hydrogen-bond donors (Lipinski definition) is 3. The Labute approximate surface area is 190 Å². The van der Waals surface area contributed by atoms with Gasteiger partial charge in [-0.1, -0.05) is 92.5 Å². The maximum Gasteiger partial charge on any atom is 0.258 e. The summed E-state index contributed by atoms with van der Waals surface area (Å²) in [5.41, 5.74) is 6.40. The molecule has 31 heavy (non-hydrogen) atoms. The summed E-state index contributed by atoms with van der Waals surface area (Å²) in [6.45, 7) is 6.19. The predicted molar refractivity (Wildman–Crippen MR) is 130 cm³/mol. The third-order valence-electron chi connectivity index (χ3n) is 6.36. The van der Waals surface area contributed by atoms with Crippen LogP contribution in [0.1, 0.15) is 45.6 Å². The Morgan fingerprint density at radius 2 is 1.42 bits per heavy atom. The van der Waals surface area contributed by atoms with Crippen molar-refractivity contribution in [3.05, 3.63) is 83.6 Å². The van der Waals surface area contributed by atoms with Gasteiger partial charge in [0.15, 0.2) is 10.9 Å². The molecule has 0 bridgehead atoms. The molecule has 1 heterocycles. The quantitative estimate of drug-likeness (QED) is 0.350. The first-order valence-corrected chi connectivity index (χ1v) is 12.9. The molecule has 0 amide bonds. The molecule has 1 atom stereocenters. The molecule has 3 rings (SSSR count). The van der Waals surface area contributed by atoms with Crippen molar-refractivity contribution in [2.45, 2.75) is 50.6 Å². The number of aromatic hydroxyl groups is 1. The molecular formula is C25H31ClN2O2Si. The molecule has 0 aliphatic rings. The first kappa shape index (κ1) is 23.5. The van der Waals surface area contributed by atoms with Gasteiger partial charge in [-0.05, 0) is 41.2 Å². The minimum atomic E-state index is -3.05. The molecule has 0 spiro atoms. The normalized spacial score (nSPS) is 14.3. The number of hydrogen-bond acceptors (Lipinski definition) is 4. The smallest absolute Gasteiger partial charge is 0.258 e. The fourth-order valence-electron chi connectivity index (χ4n) is 4.41. The van der Waals surface area contributed by atoms with E-state index >= 15 is 0 Å². The molecule has 0 aliphatic heterocycles. The third kappa shape index (κ3) is 4.70. The van der Waals surface area contributed by atoms with Gasteiger partial charge in [-0.3, -0.25) is 0 Å². The van der Waals surface area contributed by atoms with Crippen molar-refractivity contribution in [2.24, 2.45) is 5.73 Å². The fraction of sp³-hybridized carbons (Fsp3) is 0.320. The highest BCUT2D eigenvalue weighted by Crippen LogP contribution is 2.42. The lowest BCUT2D eigenvalue weighted by atomic mass is 9.86. The van der Waals surface area contributed by atoms with Gasteiger partial charge in [0.05, 0.1) is 0 Å². The van der Waals surface area contributed by atoms with Gasteiger partial charge in [0.1, 0.15) is 0 Å². The van der Waals surface area contributed by atoms with Crippen LogP contribution in [0, 0.1) is 0 Å². The van der Waals surface area contributed by atoms with E-state index in [0.29, 0.717) is 12.0 Å². The van der Waals surface area contributed by atoms with Crippen molar-refractivity contribution in [2.75, 3.05) is 0 Å². The number of pyridine rings is 1. The van der Waals surface area contributed by atoms with E-state index in [9.17, 15) is 9.90 Å². The molecule has 0 saturated heterocycles. The predicted octanol–water partition coefficient (Wildman–Crippen LogP) is 4.32. The second-order valence-electron chi connectivity index (χ2n) is 9.10. The van der Waals surface area contributed by atoms with Crippen LogP contribution in [0.25, 0.3) is 0 Å². The Bertz CT molecular complexity index is 971. The fourth-order valence-corrected chi connectivity index (χ4v) is 8.35. The average Bonchev–Trinajstić information content (AvgIpc) is 2.75. The van der Waals surface area contributed by atoms with Crippen LogP contribution in [0.3, 0.4) is 0 Å². The van der Waals surface area contributed by atoms with Crippen LogP contribution in [0.5, 0.6) is 5.75 Å². The van der Waals surface area contributed by atoms with Gasteiger partial charge >= 0.3 is 0 Å². The lowest BCUT2D eigenvalue weighted by Crippen LogP contribution is -2.65. The average molecular weight is 455 g/mol. The van der Waals surface area contributed by atoms with Crippen molar-refractivity contribution >= 4 is 30.3 Å². The molecule has 3 aromatic rings. The zero-order chi connectivity index (χ0) is 22.7. The van der Waals surface area contributed by atoms with E-state index in [4.69, 9.17) is 17.3 Å². The molecule has 0 aliphatic carbocycles. The van der Waals surface area contributed by atoms with Gasteiger partial charge in [-0.25, -0.2) is 4.98 Å². The molecule has 0 unspecified atom stereocenters. The number of aromatic nitrogens is 1. The number of halogens is 1. The van der Waals surface area contributed by atoms with Crippen molar-refractivity contribution in [3.8, 4) is 5.75 Å². The zero-order valence-corrected chi connectivity index (χ0v) is 20.1. The minimum absolute atomic E-state index is 0.0597. The summed E-state index contributed by atoms with van der Waals surface area (Å²) in [4.78, 5) is 16.2. The van der Waals surface area contributed by atoms with Crippen LogP contribution in [-0.2, 0) is 5.54 Å². The molecule has 4 N–H and O–H groups in total. The second kappa shape index (κ2) is 9.13. The van der Waals surface area contributed by atoms with E-state index in [1.165, 1.54) is 0 Å². The lowest BCUT2D eigenvalue weighted by molar-refractivity contribution is 0.373. The summed E-state index contributed by atoms with van der Waals surface area (Å²) in [6.07, 6.45) is 3.77. The lowest BCUT2D eigenvalue weighted by Gasteiger charge is -2.42. The molecule has 0 fully saturated rings. The topological polar surface area (TPSA) is 79.4 Å². The van der Waals surface area contributed by atoms with Crippen LogP contribution in [0.2, 0.25) is 10.2 Å². The number of nitrogens with two attached hydrogens (primary N) is 1. The van der Waals surface area contributed by atoms with E-state index in [1.807, 2.05) is 67.6 Å². The van der Waals surface area contributed by atoms with Crippen molar-refractivity contribution in [1.29, 1.82) is 0 Å². The van der Waals surface area contributed by atoms with Crippen molar-refractivity contribution in [3.63, 3.8) is 0 Å². The zero-order valence-electron chi connectivity index (χ0n) is 18.3. The summed E-state index contributed by atoms with van der Waals surface area (Å²) < 4.78 is 0. The molecular weight excluding hydrogens is 424 g/mol. The van der Waals surface area contributed by atoms with Crippen LogP contribution >= 0.6 is 11.6 Å². The van der Waals surface area contributed by atoms with E-state index in [-0.39, 0.29) is 15.9 Å². The standard InChI is InChI=1S/C25H31ClN2O2Si/c1-24(2,16-10-17-25(3,27)21-15-18-28-23(26)22(21)29)31(30,19-11-6-4-7-12-19)20-13-8-5-9-14-20/h4-9,11-15,18,29-30H,10,16-17,27H2,1-3H3/t25-/m0/s1. The van der Waals surface area contributed by atoms with E-state index in [0.717, 1.165) is 23.2 Å². The maximum atomic E-state index is 12.3. The monoisotopic (exact) mass is 454 g/mol. The summed E-state index contributed by atoms with van der Waals surface area (Å²) >= 11 is 5.98. The molecule has 1 aromatic heterocycles. The third-order valence-corrected chi connectivity index (χ3v) is 11.2.